The van der Waals surface area contributed by atoms with E-state index in [-0.39, 0.29) is 16.2 Å². The molecule has 0 aliphatic heterocycles. The summed E-state index contributed by atoms with van der Waals surface area (Å²) in [5, 5.41) is 10.6. The van der Waals surface area contributed by atoms with Crippen LogP contribution in [0.5, 0.6) is 0 Å². The quantitative estimate of drug-likeness (QED) is 0.573. The average Bonchev–Trinajstić information content (AvgIpc) is 2.96. The van der Waals surface area contributed by atoms with Crippen molar-refractivity contribution in [3.8, 4) is 17.1 Å². The van der Waals surface area contributed by atoms with Crippen molar-refractivity contribution in [3.63, 3.8) is 0 Å². The average molecular weight is 342 g/mol. The fourth-order valence-corrected chi connectivity index (χ4v) is 2.05. The Kier molecular flexibility index (Phi) is 3.64. The van der Waals surface area contributed by atoms with E-state index in [4.69, 9.17) is 0 Å². The summed E-state index contributed by atoms with van der Waals surface area (Å²) < 4.78 is 53.2. The van der Waals surface area contributed by atoms with Crippen molar-refractivity contribution in [1.29, 1.82) is 0 Å². The molecule has 0 radical (unpaired) electrons. The molecule has 0 saturated heterocycles. The summed E-state index contributed by atoms with van der Waals surface area (Å²) in [5.41, 5.74) is -1.20. The third kappa shape index (κ3) is 2.95. The fourth-order valence-electron chi connectivity index (χ4n) is 1.90. The van der Waals surface area contributed by atoms with Crippen LogP contribution >= 0.6 is 12.2 Å². The Bertz CT molecular complexity index is 899. The van der Waals surface area contributed by atoms with Gasteiger partial charge in [-0.25, -0.2) is 9.37 Å². The minimum absolute atomic E-state index is 0.206. The molecular formula is C12H6F4N6S. The molecule has 0 aliphatic rings. The highest BCUT2D eigenvalue weighted by Crippen LogP contribution is 2.34. The number of halogens is 4. The molecule has 1 N–H and O–H groups in total. The van der Waals surface area contributed by atoms with Gasteiger partial charge in [0.1, 0.15) is 11.5 Å². The summed E-state index contributed by atoms with van der Waals surface area (Å²) in [6.45, 7) is 0. The minimum atomic E-state index is -4.70. The van der Waals surface area contributed by atoms with Crippen molar-refractivity contribution in [3.05, 3.63) is 46.7 Å². The molecule has 0 saturated carbocycles. The van der Waals surface area contributed by atoms with Gasteiger partial charge in [0.25, 0.3) is 0 Å². The second kappa shape index (κ2) is 5.50. The number of aromatic nitrogens is 6. The number of hydrogen-bond donors (Lipinski definition) is 1. The molecule has 2 heterocycles. The maximum absolute atomic E-state index is 13.2. The Balaban J connectivity index is 2.20. The number of nitrogens with zero attached hydrogens (tertiary/aromatic N) is 5. The van der Waals surface area contributed by atoms with Crippen molar-refractivity contribution in [2.75, 3.05) is 0 Å². The Hall–Kier alpha value is -2.69. The van der Waals surface area contributed by atoms with Crippen molar-refractivity contribution in [2.24, 2.45) is 0 Å². The highest BCUT2D eigenvalue weighted by Gasteiger charge is 2.36. The number of rotatable bonds is 2. The van der Waals surface area contributed by atoms with Crippen LogP contribution < -0.4 is 0 Å². The van der Waals surface area contributed by atoms with Crippen LogP contribution in [0.25, 0.3) is 17.1 Å². The molecule has 0 aliphatic carbocycles. The van der Waals surface area contributed by atoms with Crippen molar-refractivity contribution in [1.82, 2.24) is 30.2 Å². The van der Waals surface area contributed by atoms with Crippen molar-refractivity contribution >= 4 is 12.2 Å². The van der Waals surface area contributed by atoms with E-state index in [0.717, 1.165) is 23.0 Å². The summed E-state index contributed by atoms with van der Waals surface area (Å²) in [5.74, 6) is -0.701. The molecular weight excluding hydrogens is 336 g/mol. The number of aromatic amines is 1. The molecule has 0 bridgehead atoms. The Morgan fingerprint density at radius 1 is 1.13 bits per heavy atom. The molecule has 6 nitrogen and oxygen atoms in total. The lowest BCUT2D eigenvalue weighted by atomic mass is 10.2. The molecule has 0 spiro atoms. The topological polar surface area (TPSA) is 72.3 Å². The molecule has 3 aromatic rings. The van der Waals surface area contributed by atoms with Crippen molar-refractivity contribution in [2.45, 2.75) is 6.18 Å². The predicted molar refractivity (Wildman–Crippen MR) is 72.5 cm³/mol. The highest BCUT2D eigenvalue weighted by molar-refractivity contribution is 7.71. The van der Waals surface area contributed by atoms with E-state index >= 15 is 0 Å². The third-order valence-corrected chi connectivity index (χ3v) is 3.08. The molecule has 0 atom stereocenters. The second-order valence-electron chi connectivity index (χ2n) is 4.37. The van der Waals surface area contributed by atoms with Crippen LogP contribution in [-0.4, -0.2) is 30.2 Å². The molecule has 2 aromatic heterocycles. The van der Waals surface area contributed by atoms with Gasteiger partial charge < -0.3 is 4.98 Å². The molecule has 0 amide bonds. The summed E-state index contributed by atoms with van der Waals surface area (Å²) in [6, 6.07) is 4.95. The van der Waals surface area contributed by atoms with Gasteiger partial charge in [-0.3, -0.25) is 0 Å². The van der Waals surface area contributed by atoms with E-state index in [0.29, 0.717) is 5.69 Å². The Morgan fingerprint density at radius 2 is 1.83 bits per heavy atom. The molecule has 23 heavy (non-hydrogen) atoms. The number of alkyl halides is 3. The zero-order valence-electron chi connectivity index (χ0n) is 11.0. The van der Waals surface area contributed by atoms with E-state index in [9.17, 15) is 17.6 Å². The first-order chi connectivity index (χ1) is 10.9. The first-order valence-corrected chi connectivity index (χ1v) is 6.48. The maximum Gasteiger partial charge on any atom is 0.432 e. The highest BCUT2D eigenvalue weighted by atomic mass is 32.1. The van der Waals surface area contributed by atoms with Crippen LogP contribution in [0.1, 0.15) is 5.69 Å². The smallest absolute Gasteiger partial charge is 0.326 e. The van der Waals surface area contributed by atoms with Crippen LogP contribution in [0.4, 0.5) is 17.6 Å². The SMILES string of the molecule is Fc1ccc(-n2nnnc2-c2cnc(=S)[nH]c2C(F)(F)F)cc1. The van der Waals surface area contributed by atoms with E-state index in [1.807, 2.05) is 4.98 Å². The number of nitrogens with one attached hydrogen (secondary N) is 1. The first kappa shape index (κ1) is 15.2. The number of tetrazole rings is 1. The zero-order chi connectivity index (χ0) is 16.6. The first-order valence-electron chi connectivity index (χ1n) is 6.07. The van der Waals surface area contributed by atoms with Gasteiger partial charge >= 0.3 is 6.18 Å². The molecule has 1 aromatic carbocycles. The van der Waals surface area contributed by atoms with Gasteiger partial charge in [-0.15, -0.1) is 5.10 Å². The van der Waals surface area contributed by atoms with Gasteiger partial charge in [-0.1, -0.05) is 0 Å². The van der Waals surface area contributed by atoms with Gasteiger partial charge in [0, 0.05) is 6.20 Å². The van der Waals surface area contributed by atoms with Crippen LogP contribution in [0.2, 0.25) is 0 Å². The zero-order valence-corrected chi connectivity index (χ0v) is 11.9. The van der Waals surface area contributed by atoms with Gasteiger partial charge in [0.15, 0.2) is 10.6 Å². The molecule has 0 fully saturated rings. The van der Waals surface area contributed by atoms with Crippen LogP contribution in [-0.2, 0) is 6.18 Å². The van der Waals surface area contributed by atoms with Crippen LogP contribution in [0, 0.1) is 10.6 Å². The lowest BCUT2D eigenvalue weighted by Crippen LogP contribution is -2.13. The monoisotopic (exact) mass is 342 g/mol. The lowest BCUT2D eigenvalue weighted by Gasteiger charge is -2.11. The summed E-state index contributed by atoms with van der Waals surface area (Å²) in [7, 11) is 0. The van der Waals surface area contributed by atoms with Gasteiger partial charge in [0.2, 0.25) is 0 Å². The molecule has 0 unspecified atom stereocenters. The van der Waals surface area contributed by atoms with Crippen LogP contribution in [0.3, 0.4) is 0 Å². The fraction of sp³-hybridized carbons (Fsp3) is 0.0833. The van der Waals surface area contributed by atoms with Gasteiger partial charge in [0.05, 0.1) is 11.3 Å². The Labute approximate surface area is 130 Å². The summed E-state index contributed by atoms with van der Waals surface area (Å²) >= 11 is 4.63. The molecule has 11 heteroatoms. The molecule has 118 valence electrons. The maximum atomic E-state index is 13.2. The normalized spacial score (nSPS) is 11.7. The van der Waals surface area contributed by atoms with Crippen molar-refractivity contribution < 1.29 is 17.6 Å². The Morgan fingerprint density at radius 3 is 2.48 bits per heavy atom. The minimum Gasteiger partial charge on any atom is -0.326 e. The summed E-state index contributed by atoms with van der Waals surface area (Å²) in [4.78, 5) is 5.65. The van der Waals surface area contributed by atoms with E-state index in [1.165, 1.54) is 12.1 Å². The number of hydrogen-bond acceptors (Lipinski definition) is 5. The lowest BCUT2D eigenvalue weighted by molar-refractivity contribution is -0.140. The van der Waals surface area contributed by atoms with E-state index in [2.05, 4.69) is 32.7 Å². The molecule has 3 rings (SSSR count). The summed E-state index contributed by atoms with van der Waals surface area (Å²) in [6.07, 6.45) is -3.77. The second-order valence-corrected chi connectivity index (χ2v) is 4.75. The van der Waals surface area contributed by atoms with Gasteiger partial charge in [-0.05, 0) is 46.9 Å². The van der Waals surface area contributed by atoms with E-state index < -0.39 is 17.7 Å². The third-order valence-electron chi connectivity index (χ3n) is 2.88. The number of benzene rings is 1. The predicted octanol–water partition coefficient (Wildman–Crippen LogP) is 2.94. The largest absolute Gasteiger partial charge is 0.432 e. The van der Waals surface area contributed by atoms with Gasteiger partial charge in [-0.2, -0.15) is 17.9 Å². The number of H-pyrrole nitrogens is 1. The van der Waals surface area contributed by atoms with E-state index in [1.54, 1.807) is 0 Å². The standard InChI is InChI=1S/C12H6F4N6S/c13-6-1-3-7(4-2-6)22-10(19-20-21-22)8-5-17-11(23)18-9(8)12(14,15)16/h1-5H,(H,17,18,23). The van der Waals surface area contributed by atoms with Crippen LogP contribution in [0.15, 0.2) is 30.5 Å².